The van der Waals surface area contributed by atoms with Crippen molar-refractivity contribution >= 4 is 29.0 Å². The summed E-state index contributed by atoms with van der Waals surface area (Å²) < 4.78 is 0. The van der Waals surface area contributed by atoms with Crippen LogP contribution in [0.4, 0.5) is 10.7 Å². The molecule has 8 heteroatoms. The van der Waals surface area contributed by atoms with Gasteiger partial charge in [-0.15, -0.1) is 17.0 Å². The second-order valence-corrected chi connectivity index (χ2v) is 4.63. The first-order chi connectivity index (χ1) is 8.66. The van der Waals surface area contributed by atoms with Gasteiger partial charge in [0, 0.05) is 33.2 Å². The summed E-state index contributed by atoms with van der Waals surface area (Å²) in [5.74, 6) is 0.360. The molecule has 2 aliphatic heterocycles. The van der Waals surface area contributed by atoms with E-state index in [0.29, 0.717) is 31.1 Å². The fraction of sp³-hybridized carbons (Fsp3) is 0.545. The van der Waals surface area contributed by atoms with Crippen LogP contribution in [0.2, 0.25) is 0 Å². The molecule has 3 heterocycles. The molecule has 0 bridgehead atoms. The van der Waals surface area contributed by atoms with Crippen LogP contribution in [0.15, 0.2) is 4.79 Å². The van der Waals surface area contributed by atoms with Gasteiger partial charge in [-0.25, -0.2) is 9.78 Å². The molecule has 1 aromatic heterocycles. The van der Waals surface area contributed by atoms with Crippen molar-refractivity contribution in [1.82, 2.24) is 20.2 Å². The molecular weight excluding hydrogens is 314 g/mol. The number of amides is 2. The van der Waals surface area contributed by atoms with E-state index in [1.165, 1.54) is 4.90 Å². The summed E-state index contributed by atoms with van der Waals surface area (Å²) in [5, 5.41) is 3.08. The Bertz CT molecular complexity index is 559. The minimum absolute atomic E-state index is 0. The predicted octanol–water partition coefficient (Wildman–Crippen LogP) is 0.213. The fourth-order valence-corrected chi connectivity index (χ4v) is 2.35. The minimum atomic E-state index is -0.152. The Morgan fingerprint density at radius 1 is 1.21 bits per heavy atom. The van der Waals surface area contributed by atoms with Crippen molar-refractivity contribution in [3.05, 3.63) is 21.6 Å². The van der Waals surface area contributed by atoms with E-state index in [0.717, 1.165) is 18.7 Å². The van der Waals surface area contributed by atoms with E-state index in [1.807, 2.05) is 0 Å². The van der Waals surface area contributed by atoms with Crippen LogP contribution < -0.4 is 15.8 Å². The molecule has 1 fully saturated rings. The SMILES string of the molecule is Br.CN1CCCN(c2nc3c(c(=O)[nH]2)CNC3)C1=O. The van der Waals surface area contributed by atoms with Crippen LogP contribution in [0.5, 0.6) is 0 Å². The van der Waals surface area contributed by atoms with Crippen molar-refractivity contribution in [3.8, 4) is 0 Å². The molecular formula is C11H16BrN5O2. The molecule has 0 spiro atoms. The molecule has 0 radical (unpaired) electrons. The minimum Gasteiger partial charge on any atom is -0.327 e. The van der Waals surface area contributed by atoms with Crippen molar-refractivity contribution in [2.24, 2.45) is 0 Å². The summed E-state index contributed by atoms with van der Waals surface area (Å²) in [6.07, 6.45) is 0.876. The highest BCUT2D eigenvalue weighted by atomic mass is 79.9. The van der Waals surface area contributed by atoms with E-state index in [2.05, 4.69) is 15.3 Å². The maximum atomic E-state index is 12.0. The van der Waals surface area contributed by atoms with E-state index in [4.69, 9.17) is 0 Å². The number of hydrogen-bond acceptors (Lipinski definition) is 4. The summed E-state index contributed by atoms with van der Waals surface area (Å²) >= 11 is 0. The van der Waals surface area contributed by atoms with E-state index in [1.54, 1.807) is 11.9 Å². The largest absolute Gasteiger partial charge is 0.327 e. The molecule has 1 saturated heterocycles. The number of aromatic nitrogens is 2. The Morgan fingerprint density at radius 2 is 2.00 bits per heavy atom. The third-order valence-corrected chi connectivity index (χ3v) is 3.37. The number of carbonyl (C=O) groups is 1. The van der Waals surface area contributed by atoms with Gasteiger partial charge in [0.2, 0.25) is 5.95 Å². The van der Waals surface area contributed by atoms with Crippen LogP contribution in [0, 0.1) is 0 Å². The third-order valence-electron chi connectivity index (χ3n) is 3.37. The maximum Gasteiger partial charge on any atom is 0.326 e. The summed E-state index contributed by atoms with van der Waals surface area (Å²) in [4.78, 5) is 34.1. The number of nitrogens with one attached hydrogen (secondary N) is 2. The number of carbonyl (C=O) groups excluding carboxylic acids is 1. The van der Waals surface area contributed by atoms with Crippen LogP contribution in [0.3, 0.4) is 0 Å². The summed E-state index contributed by atoms with van der Waals surface area (Å²) in [5.41, 5.74) is 1.27. The zero-order valence-electron chi connectivity index (χ0n) is 10.6. The number of fused-ring (bicyclic) bond motifs is 1. The number of anilines is 1. The third kappa shape index (κ3) is 2.37. The monoisotopic (exact) mass is 329 g/mol. The van der Waals surface area contributed by atoms with Gasteiger partial charge in [-0.05, 0) is 6.42 Å². The van der Waals surface area contributed by atoms with Crippen LogP contribution in [0.1, 0.15) is 17.7 Å². The van der Waals surface area contributed by atoms with Crippen LogP contribution >= 0.6 is 17.0 Å². The van der Waals surface area contributed by atoms with Gasteiger partial charge >= 0.3 is 6.03 Å². The lowest BCUT2D eigenvalue weighted by molar-refractivity contribution is 0.207. The molecule has 2 N–H and O–H groups in total. The number of rotatable bonds is 1. The smallest absolute Gasteiger partial charge is 0.326 e. The van der Waals surface area contributed by atoms with Crippen LogP contribution in [-0.2, 0) is 13.1 Å². The van der Waals surface area contributed by atoms with Crippen molar-refractivity contribution in [3.63, 3.8) is 0 Å². The maximum absolute atomic E-state index is 12.0. The van der Waals surface area contributed by atoms with E-state index >= 15 is 0 Å². The van der Waals surface area contributed by atoms with Gasteiger partial charge in [-0.1, -0.05) is 0 Å². The number of halogens is 1. The Labute approximate surface area is 120 Å². The second kappa shape index (κ2) is 5.30. The normalized spacial score (nSPS) is 18.3. The van der Waals surface area contributed by atoms with E-state index in [9.17, 15) is 9.59 Å². The Hall–Kier alpha value is -1.41. The van der Waals surface area contributed by atoms with E-state index < -0.39 is 0 Å². The topological polar surface area (TPSA) is 81.3 Å². The standard InChI is InChI=1S/C11H15N5O2.BrH/c1-15-3-2-4-16(11(15)18)10-13-8-6-12-5-7(8)9(17)14-10;/h12H,2-6H2,1H3,(H,13,14,17);1H. The van der Waals surface area contributed by atoms with Crippen molar-refractivity contribution in [2.45, 2.75) is 19.5 Å². The highest BCUT2D eigenvalue weighted by Crippen LogP contribution is 2.16. The zero-order valence-corrected chi connectivity index (χ0v) is 12.3. The summed E-state index contributed by atoms with van der Waals surface area (Å²) in [6.45, 7) is 2.47. The van der Waals surface area contributed by atoms with Crippen LogP contribution in [-0.4, -0.2) is 41.0 Å². The van der Waals surface area contributed by atoms with Gasteiger partial charge in [0.25, 0.3) is 5.56 Å². The molecule has 0 atom stereocenters. The average molecular weight is 330 g/mol. The first-order valence-corrected chi connectivity index (χ1v) is 6.02. The molecule has 2 amide bonds. The van der Waals surface area contributed by atoms with Gasteiger partial charge in [-0.2, -0.15) is 0 Å². The second-order valence-electron chi connectivity index (χ2n) is 4.63. The number of aromatic amines is 1. The molecule has 3 rings (SSSR count). The van der Waals surface area contributed by atoms with Gasteiger partial charge in [-0.3, -0.25) is 14.7 Å². The van der Waals surface area contributed by atoms with Gasteiger partial charge in [0.05, 0.1) is 11.3 Å². The quantitative estimate of drug-likeness (QED) is 0.772. The van der Waals surface area contributed by atoms with E-state index in [-0.39, 0.29) is 28.6 Å². The van der Waals surface area contributed by atoms with Gasteiger partial charge < -0.3 is 10.2 Å². The number of urea groups is 1. The lowest BCUT2D eigenvalue weighted by Gasteiger charge is -2.32. The van der Waals surface area contributed by atoms with Crippen molar-refractivity contribution in [1.29, 1.82) is 0 Å². The summed E-state index contributed by atoms with van der Waals surface area (Å²) in [7, 11) is 1.75. The number of H-pyrrole nitrogens is 1. The molecule has 104 valence electrons. The van der Waals surface area contributed by atoms with Crippen molar-refractivity contribution < 1.29 is 4.79 Å². The first-order valence-electron chi connectivity index (χ1n) is 6.02. The molecule has 0 aliphatic carbocycles. The Morgan fingerprint density at radius 3 is 2.79 bits per heavy atom. The van der Waals surface area contributed by atoms with Gasteiger partial charge in [0.1, 0.15) is 0 Å². The lowest BCUT2D eigenvalue weighted by Crippen LogP contribution is -2.48. The molecule has 0 aromatic carbocycles. The fourth-order valence-electron chi connectivity index (χ4n) is 2.35. The average Bonchev–Trinajstić information content (AvgIpc) is 2.81. The van der Waals surface area contributed by atoms with Crippen molar-refractivity contribution in [2.75, 3.05) is 25.0 Å². The first kappa shape index (κ1) is 14.0. The highest BCUT2D eigenvalue weighted by Gasteiger charge is 2.27. The lowest BCUT2D eigenvalue weighted by atomic mass is 10.2. The number of hydrogen-bond donors (Lipinski definition) is 2. The highest BCUT2D eigenvalue weighted by molar-refractivity contribution is 8.93. The molecule has 0 unspecified atom stereocenters. The van der Waals surface area contributed by atoms with Gasteiger partial charge in [0.15, 0.2) is 0 Å². The predicted molar refractivity (Wildman–Crippen MR) is 75.7 cm³/mol. The number of nitrogens with zero attached hydrogens (tertiary/aromatic N) is 3. The Balaban J connectivity index is 0.00000133. The van der Waals surface area contributed by atoms with Crippen LogP contribution in [0.25, 0.3) is 0 Å². The molecule has 0 saturated carbocycles. The zero-order chi connectivity index (χ0) is 12.7. The molecule has 19 heavy (non-hydrogen) atoms. The summed E-state index contributed by atoms with van der Waals surface area (Å²) in [6, 6.07) is -0.115. The molecule has 7 nitrogen and oxygen atoms in total. The Kier molecular flexibility index (Phi) is 3.91. The molecule has 1 aromatic rings. The molecule has 2 aliphatic rings.